The van der Waals surface area contributed by atoms with Crippen molar-refractivity contribution in [2.75, 3.05) is 18.8 Å². The second kappa shape index (κ2) is 6.33. The predicted molar refractivity (Wildman–Crippen MR) is 99.3 cm³/mol. The fraction of sp³-hybridized carbons (Fsp3) is 0.529. The van der Waals surface area contributed by atoms with Crippen molar-refractivity contribution in [2.45, 2.75) is 38.8 Å². The third-order valence-electron chi connectivity index (χ3n) is 4.98. The number of fused-ring (bicyclic) bond motifs is 3. The van der Waals surface area contributed by atoms with Gasteiger partial charge in [0, 0.05) is 24.7 Å². The third-order valence-corrected chi connectivity index (χ3v) is 7.02. The zero-order valence-electron chi connectivity index (χ0n) is 14.9. The van der Waals surface area contributed by atoms with Gasteiger partial charge in [-0.2, -0.15) is 4.31 Å². The molecular weight excluding hydrogens is 354 g/mol. The molecule has 3 aromatic rings. The van der Waals surface area contributed by atoms with Crippen LogP contribution in [0.4, 0.5) is 0 Å². The lowest BCUT2D eigenvalue weighted by Gasteiger charge is -2.20. The molecule has 0 bridgehead atoms. The van der Waals surface area contributed by atoms with Crippen molar-refractivity contribution in [1.29, 1.82) is 0 Å². The van der Waals surface area contributed by atoms with E-state index in [0.29, 0.717) is 37.3 Å². The van der Waals surface area contributed by atoms with E-state index >= 15 is 0 Å². The van der Waals surface area contributed by atoms with Crippen molar-refractivity contribution < 1.29 is 13.5 Å². The minimum atomic E-state index is -3.23. The number of sulfonamides is 1. The maximum atomic E-state index is 12.4. The Morgan fingerprint density at radius 1 is 1.46 bits per heavy atom. The van der Waals surface area contributed by atoms with Crippen molar-refractivity contribution in [3.63, 3.8) is 0 Å². The fourth-order valence-corrected chi connectivity index (χ4v) is 5.39. The molecule has 1 aliphatic rings. The van der Waals surface area contributed by atoms with Gasteiger partial charge in [-0.1, -0.05) is 6.92 Å². The van der Waals surface area contributed by atoms with Gasteiger partial charge < -0.3 is 14.7 Å². The quantitative estimate of drug-likeness (QED) is 0.707. The minimum Gasteiger partial charge on any atom is -0.385 e. The van der Waals surface area contributed by atoms with E-state index in [-0.39, 0.29) is 11.8 Å². The number of aromatic nitrogens is 4. The highest BCUT2D eigenvalue weighted by atomic mass is 32.2. The molecule has 0 spiro atoms. The molecule has 0 aliphatic carbocycles. The van der Waals surface area contributed by atoms with Crippen LogP contribution in [0.5, 0.6) is 0 Å². The van der Waals surface area contributed by atoms with Crippen LogP contribution in [0.15, 0.2) is 18.5 Å². The van der Waals surface area contributed by atoms with E-state index in [0.717, 1.165) is 16.6 Å². The van der Waals surface area contributed by atoms with E-state index in [9.17, 15) is 13.5 Å². The van der Waals surface area contributed by atoms with Crippen LogP contribution in [0.3, 0.4) is 0 Å². The molecule has 1 fully saturated rings. The van der Waals surface area contributed by atoms with Crippen LogP contribution in [0.1, 0.15) is 44.7 Å². The second-order valence-corrected chi connectivity index (χ2v) is 8.95. The highest BCUT2D eigenvalue weighted by Gasteiger charge is 2.34. The first kappa shape index (κ1) is 17.4. The van der Waals surface area contributed by atoms with E-state index in [2.05, 4.69) is 15.0 Å². The Labute approximate surface area is 151 Å². The molecule has 1 aliphatic heterocycles. The molecule has 0 radical (unpaired) electrons. The van der Waals surface area contributed by atoms with Crippen LogP contribution in [0.25, 0.3) is 22.1 Å². The first-order chi connectivity index (χ1) is 12.4. The molecular formula is C17H23N5O3S. The van der Waals surface area contributed by atoms with Gasteiger partial charge in [-0.15, -0.1) is 0 Å². The molecule has 1 unspecified atom stereocenters. The summed E-state index contributed by atoms with van der Waals surface area (Å²) in [6, 6.07) is 1.88. The predicted octanol–water partition coefficient (Wildman–Crippen LogP) is 1.95. The van der Waals surface area contributed by atoms with Crippen LogP contribution in [-0.4, -0.2) is 56.2 Å². The first-order valence-corrected chi connectivity index (χ1v) is 10.5. The fourth-order valence-electron chi connectivity index (χ4n) is 3.84. The van der Waals surface area contributed by atoms with E-state index in [4.69, 9.17) is 0 Å². The highest BCUT2D eigenvalue weighted by molar-refractivity contribution is 7.89. The number of H-pyrrole nitrogens is 1. The van der Waals surface area contributed by atoms with Gasteiger partial charge >= 0.3 is 0 Å². The Balaban J connectivity index is 1.83. The van der Waals surface area contributed by atoms with Gasteiger partial charge in [-0.25, -0.2) is 18.4 Å². The van der Waals surface area contributed by atoms with Crippen LogP contribution in [0.2, 0.25) is 0 Å². The average molecular weight is 377 g/mol. The molecule has 2 N–H and O–H groups in total. The molecule has 2 atom stereocenters. The average Bonchev–Trinajstić information content (AvgIpc) is 3.30. The molecule has 9 heteroatoms. The lowest BCUT2D eigenvalue weighted by Crippen LogP contribution is -2.31. The van der Waals surface area contributed by atoms with Crippen LogP contribution in [-0.2, 0) is 10.0 Å². The van der Waals surface area contributed by atoms with Gasteiger partial charge in [-0.3, -0.25) is 0 Å². The maximum absolute atomic E-state index is 12.4. The maximum Gasteiger partial charge on any atom is 0.214 e. The van der Waals surface area contributed by atoms with Gasteiger partial charge in [0.15, 0.2) is 0 Å². The number of pyridine rings is 1. The monoisotopic (exact) mass is 377 g/mol. The Bertz CT molecular complexity index is 1050. The van der Waals surface area contributed by atoms with E-state index < -0.39 is 16.1 Å². The van der Waals surface area contributed by atoms with E-state index in [1.165, 1.54) is 0 Å². The summed E-state index contributed by atoms with van der Waals surface area (Å²) >= 11 is 0. The summed E-state index contributed by atoms with van der Waals surface area (Å²) in [5, 5.41) is 11.2. The lowest BCUT2D eigenvalue weighted by atomic mass is 10.2. The Kier molecular flexibility index (Phi) is 4.25. The number of imidazole rings is 1. The molecule has 140 valence electrons. The summed E-state index contributed by atoms with van der Waals surface area (Å²) in [7, 11) is -3.23. The molecule has 0 aromatic carbocycles. The molecule has 0 saturated carbocycles. The minimum absolute atomic E-state index is 0.0586. The third kappa shape index (κ3) is 2.70. The number of nitrogens with zero attached hydrogens (tertiary/aromatic N) is 4. The van der Waals surface area contributed by atoms with E-state index in [1.54, 1.807) is 17.4 Å². The topological polar surface area (TPSA) is 104 Å². The summed E-state index contributed by atoms with van der Waals surface area (Å²) in [5.41, 5.74) is 2.36. The van der Waals surface area contributed by atoms with Crippen molar-refractivity contribution in [3.05, 3.63) is 24.3 Å². The SMILES string of the molecule is CCCS(=O)(=O)N1CC[C@@H](n2c(C(C)O)nc3cnc4[nH]ccc4c32)C1. The molecule has 0 amide bonds. The number of rotatable bonds is 5. The smallest absolute Gasteiger partial charge is 0.214 e. The number of aliphatic hydroxyl groups excluding tert-OH is 1. The molecule has 4 heterocycles. The zero-order chi connectivity index (χ0) is 18.5. The Morgan fingerprint density at radius 3 is 3.00 bits per heavy atom. The number of hydrogen-bond donors (Lipinski definition) is 2. The Morgan fingerprint density at radius 2 is 2.27 bits per heavy atom. The molecule has 8 nitrogen and oxygen atoms in total. The lowest BCUT2D eigenvalue weighted by molar-refractivity contribution is 0.182. The zero-order valence-corrected chi connectivity index (χ0v) is 15.7. The van der Waals surface area contributed by atoms with Crippen molar-refractivity contribution >= 4 is 32.1 Å². The van der Waals surface area contributed by atoms with Gasteiger partial charge in [0.05, 0.1) is 23.5 Å². The molecule has 4 rings (SSSR count). The number of hydrogen-bond acceptors (Lipinski definition) is 5. The summed E-state index contributed by atoms with van der Waals surface area (Å²) in [5.74, 6) is 0.717. The summed E-state index contributed by atoms with van der Waals surface area (Å²) in [6.45, 7) is 4.45. The van der Waals surface area contributed by atoms with E-state index in [1.807, 2.05) is 23.8 Å². The van der Waals surface area contributed by atoms with Gasteiger partial charge in [0.1, 0.15) is 23.1 Å². The largest absolute Gasteiger partial charge is 0.385 e. The second-order valence-electron chi connectivity index (χ2n) is 6.86. The molecule has 3 aromatic heterocycles. The van der Waals surface area contributed by atoms with Crippen LogP contribution < -0.4 is 0 Å². The Hall–Kier alpha value is -1.97. The van der Waals surface area contributed by atoms with Crippen molar-refractivity contribution in [2.24, 2.45) is 0 Å². The normalized spacial score (nSPS) is 20.3. The number of aromatic amines is 1. The summed E-state index contributed by atoms with van der Waals surface area (Å²) in [4.78, 5) is 12.0. The summed E-state index contributed by atoms with van der Waals surface area (Å²) in [6.07, 6.45) is 4.06. The number of aliphatic hydroxyl groups is 1. The standard InChI is InChI=1S/C17H23N5O3S/c1-3-8-26(24,25)21-7-5-12(10-21)22-15-13-4-6-18-16(13)19-9-14(15)20-17(22)11(2)23/h4,6,9,11-12,23H,3,5,7-8,10H2,1-2H3,(H,18,19)/t11?,12-/m1/s1. The van der Waals surface area contributed by atoms with Crippen LogP contribution >= 0.6 is 0 Å². The summed E-state index contributed by atoms with van der Waals surface area (Å²) < 4.78 is 28.5. The highest BCUT2D eigenvalue weighted by Crippen LogP contribution is 2.34. The first-order valence-electron chi connectivity index (χ1n) is 8.92. The van der Waals surface area contributed by atoms with Crippen LogP contribution in [0, 0.1) is 0 Å². The van der Waals surface area contributed by atoms with Gasteiger partial charge in [0.25, 0.3) is 0 Å². The van der Waals surface area contributed by atoms with Gasteiger partial charge in [0.2, 0.25) is 10.0 Å². The van der Waals surface area contributed by atoms with Crippen molar-refractivity contribution in [3.8, 4) is 0 Å². The number of nitrogens with one attached hydrogen (secondary N) is 1. The van der Waals surface area contributed by atoms with Crippen molar-refractivity contribution in [1.82, 2.24) is 23.8 Å². The van der Waals surface area contributed by atoms with Gasteiger partial charge in [-0.05, 0) is 25.8 Å². The molecule has 26 heavy (non-hydrogen) atoms. The molecule has 1 saturated heterocycles.